The highest BCUT2D eigenvalue weighted by molar-refractivity contribution is 5.50. The van der Waals surface area contributed by atoms with Gasteiger partial charge >= 0.3 is 0 Å². The molecule has 0 bridgehead atoms. The van der Waals surface area contributed by atoms with Crippen molar-refractivity contribution in [2.24, 2.45) is 0 Å². The summed E-state index contributed by atoms with van der Waals surface area (Å²) in [6.07, 6.45) is 0.537. The molecular weight excluding hydrogens is 214 g/mol. The summed E-state index contributed by atoms with van der Waals surface area (Å²) in [6, 6.07) is 3.16. The van der Waals surface area contributed by atoms with Gasteiger partial charge in [-0.15, -0.1) is 0 Å². The first-order chi connectivity index (χ1) is 7.62. The van der Waals surface area contributed by atoms with Crippen LogP contribution in [0.15, 0.2) is 12.1 Å². The van der Waals surface area contributed by atoms with Crippen molar-refractivity contribution in [3.63, 3.8) is 0 Å². The van der Waals surface area contributed by atoms with Crippen LogP contribution in [-0.2, 0) is 0 Å². The molecule has 2 N–H and O–H groups in total. The van der Waals surface area contributed by atoms with Crippen LogP contribution in [0.25, 0.3) is 0 Å². The van der Waals surface area contributed by atoms with Crippen LogP contribution in [0.1, 0.15) is 18.9 Å². The number of nitrogens with zero attached hydrogens (tertiary/aromatic N) is 1. The van der Waals surface area contributed by atoms with Crippen molar-refractivity contribution < 1.29 is 13.9 Å². The third kappa shape index (κ3) is 2.67. The third-order valence-corrected chi connectivity index (χ3v) is 2.23. The molecule has 0 radical (unpaired) electrons. The predicted octanol–water partition coefficient (Wildman–Crippen LogP) is 2.02. The van der Waals surface area contributed by atoms with E-state index in [-0.39, 0.29) is 17.9 Å². The summed E-state index contributed by atoms with van der Waals surface area (Å²) in [6.45, 7) is 1.57. The lowest BCUT2D eigenvalue weighted by Gasteiger charge is -2.16. The molecule has 0 aliphatic rings. The number of hydrogen-bond donors (Lipinski definition) is 2. The van der Waals surface area contributed by atoms with Crippen molar-refractivity contribution in [3.8, 4) is 6.07 Å². The van der Waals surface area contributed by atoms with Gasteiger partial charge in [-0.1, -0.05) is 6.92 Å². The van der Waals surface area contributed by atoms with Crippen LogP contribution < -0.4 is 5.32 Å². The quantitative estimate of drug-likeness (QED) is 0.825. The van der Waals surface area contributed by atoms with Gasteiger partial charge in [0.1, 0.15) is 5.69 Å². The summed E-state index contributed by atoms with van der Waals surface area (Å²) in [4.78, 5) is 0. The molecule has 5 heteroatoms. The molecule has 16 heavy (non-hydrogen) atoms. The molecule has 0 saturated heterocycles. The fourth-order valence-corrected chi connectivity index (χ4v) is 1.26. The fraction of sp³-hybridized carbons (Fsp3) is 0.364. The van der Waals surface area contributed by atoms with E-state index in [1.165, 1.54) is 0 Å². The smallest absolute Gasteiger partial charge is 0.150 e. The van der Waals surface area contributed by atoms with E-state index in [1.807, 2.05) is 0 Å². The maximum atomic E-state index is 13.4. The van der Waals surface area contributed by atoms with Gasteiger partial charge in [0, 0.05) is 6.04 Å². The summed E-state index contributed by atoms with van der Waals surface area (Å²) in [5, 5.41) is 20.0. The standard InChI is InChI=1S/C11H12F2N2O/c1-2-8(6-16)15-11-9(12)3-7(5-14)4-10(11)13/h3-4,8,15-16H,2,6H2,1H3. The summed E-state index contributed by atoms with van der Waals surface area (Å²) < 4.78 is 26.8. The summed E-state index contributed by atoms with van der Waals surface area (Å²) in [7, 11) is 0. The summed E-state index contributed by atoms with van der Waals surface area (Å²) in [5.41, 5.74) is -0.377. The zero-order valence-electron chi connectivity index (χ0n) is 8.80. The number of nitrogens with one attached hydrogen (secondary N) is 1. The predicted molar refractivity (Wildman–Crippen MR) is 55.9 cm³/mol. The van der Waals surface area contributed by atoms with Crippen molar-refractivity contribution in [1.82, 2.24) is 0 Å². The molecular formula is C11H12F2N2O. The third-order valence-electron chi connectivity index (χ3n) is 2.23. The molecule has 0 fully saturated rings. The van der Waals surface area contributed by atoms with E-state index in [0.29, 0.717) is 6.42 Å². The Hall–Kier alpha value is -1.67. The van der Waals surface area contributed by atoms with E-state index in [0.717, 1.165) is 12.1 Å². The van der Waals surface area contributed by atoms with E-state index in [4.69, 9.17) is 10.4 Å². The second-order valence-corrected chi connectivity index (χ2v) is 3.36. The van der Waals surface area contributed by atoms with Gasteiger partial charge in [0.2, 0.25) is 0 Å². The molecule has 1 unspecified atom stereocenters. The average Bonchev–Trinajstić information content (AvgIpc) is 2.28. The van der Waals surface area contributed by atoms with Gasteiger partial charge in [-0.3, -0.25) is 0 Å². The Balaban J connectivity index is 3.01. The zero-order chi connectivity index (χ0) is 12.1. The number of nitriles is 1. The van der Waals surface area contributed by atoms with E-state index in [9.17, 15) is 8.78 Å². The Labute approximate surface area is 92.3 Å². The number of halogens is 2. The summed E-state index contributed by atoms with van der Waals surface area (Å²) in [5.74, 6) is -1.66. The maximum Gasteiger partial charge on any atom is 0.150 e. The van der Waals surface area contributed by atoms with E-state index in [2.05, 4.69) is 5.32 Å². The molecule has 86 valence electrons. The molecule has 0 saturated carbocycles. The molecule has 0 amide bonds. The van der Waals surface area contributed by atoms with Gasteiger partial charge in [0.05, 0.1) is 18.2 Å². The van der Waals surface area contributed by atoms with Crippen LogP contribution in [0.3, 0.4) is 0 Å². The number of anilines is 1. The van der Waals surface area contributed by atoms with Crippen LogP contribution in [0.2, 0.25) is 0 Å². The van der Waals surface area contributed by atoms with Crippen LogP contribution in [-0.4, -0.2) is 17.8 Å². The van der Waals surface area contributed by atoms with Crippen molar-refractivity contribution in [2.75, 3.05) is 11.9 Å². The molecule has 3 nitrogen and oxygen atoms in total. The Morgan fingerprint density at radius 3 is 2.38 bits per heavy atom. The molecule has 1 atom stereocenters. The van der Waals surface area contributed by atoms with Crippen LogP contribution in [0.4, 0.5) is 14.5 Å². The second kappa shape index (κ2) is 5.42. The van der Waals surface area contributed by atoms with Crippen LogP contribution in [0, 0.1) is 23.0 Å². The minimum atomic E-state index is -0.830. The van der Waals surface area contributed by atoms with Gasteiger partial charge in [-0.25, -0.2) is 8.78 Å². The molecule has 0 aromatic heterocycles. The lowest BCUT2D eigenvalue weighted by atomic mass is 10.1. The van der Waals surface area contributed by atoms with Gasteiger partial charge in [0.25, 0.3) is 0 Å². The van der Waals surface area contributed by atoms with Gasteiger partial charge in [0.15, 0.2) is 11.6 Å². The Morgan fingerprint density at radius 2 is 2.00 bits per heavy atom. The molecule has 0 spiro atoms. The topological polar surface area (TPSA) is 56.0 Å². The highest BCUT2D eigenvalue weighted by atomic mass is 19.1. The first-order valence-corrected chi connectivity index (χ1v) is 4.88. The monoisotopic (exact) mass is 226 g/mol. The van der Waals surface area contributed by atoms with E-state index < -0.39 is 17.7 Å². The number of aliphatic hydroxyl groups excluding tert-OH is 1. The van der Waals surface area contributed by atoms with Crippen molar-refractivity contribution in [3.05, 3.63) is 29.3 Å². The minimum Gasteiger partial charge on any atom is -0.394 e. The van der Waals surface area contributed by atoms with E-state index >= 15 is 0 Å². The van der Waals surface area contributed by atoms with Gasteiger partial charge in [-0.2, -0.15) is 5.26 Å². The van der Waals surface area contributed by atoms with Crippen molar-refractivity contribution in [2.45, 2.75) is 19.4 Å². The lowest BCUT2D eigenvalue weighted by molar-refractivity contribution is 0.271. The van der Waals surface area contributed by atoms with Crippen LogP contribution in [0.5, 0.6) is 0 Å². The Bertz CT molecular complexity index is 388. The highest BCUT2D eigenvalue weighted by Crippen LogP contribution is 2.21. The molecule has 1 aromatic rings. The Morgan fingerprint density at radius 1 is 1.44 bits per heavy atom. The molecule has 1 rings (SSSR count). The van der Waals surface area contributed by atoms with E-state index in [1.54, 1.807) is 13.0 Å². The fourth-order valence-electron chi connectivity index (χ4n) is 1.26. The highest BCUT2D eigenvalue weighted by Gasteiger charge is 2.14. The summed E-state index contributed by atoms with van der Waals surface area (Å²) >= 11 is 0. The normalized spacial score (nSPS) is 11.9. The zero-order valence-corrected chi connectivity index (χ0v) is 8.80. The minimum absolute atomic E-state index is 0.0717. The average molecular weight is 226 g/mol. The Kier molecular flexibility index (Phi) is 4.20. The van der Waals surface area contributed by atoms with Crippen molar-refractivity contribution >= 4 is 5.69 Å². The molecule has 0 aliphatic heterocycles. The number of benzene rings is 1. The lowest BCUT2D eigenvalue weighted by Crippen LogP contribution is -2.24. The van der Waals surface area contributed by atoms with Gasteiger partial charge in [-0.05, 0) is 18.6 Å². The maximum absolute atomic E-state index is 13.4. The molecule has 1 aromatic carbocycles. The SMILES string of the molecule is CCC(CO)Nc1c(F)cc(C#N)cc1F. The number of aliphatic hydroxyl groups is 1. The first-order valence-electron chi connectivity index (χ1n) is 4.88. The molecule has 0 heterocycles. The molecule has 0 aliphatic carbocycles. The second-order valence-electron chi connectivity index (χ2n) is 3.36. The number of hydrogen-bond acceptors (Lipinski definition) is 3. The number of rotatable bonds is 4. The largest absolute Gasteiger partial charge is 0.394 e. The van der Waals surface area contributed by atoms with Gasteiger partial charge < -0.3 is 10.4 Å². The first kappa shape index (κ1) is 12.4. The van der Waals surface area contributed by atoms with Crippen LogP contribution >= 0.6 is 0 Å². The van der Waals surface area contributed by atoms with Crippen molar-refractivity contribution in [1.29, 1.82) is 5.26 Å².